The molecular formula is C17H22N2O2. The number of nitrogens with two attached hydrogens (primary N) is 1. The van der Waals surface area contributed by atoms with E-state index in [1.807, 2.05) is 30.5 Å². The molecule has 2 N–H and O–H groups in total. The van der Waals surface area contributed by atoms with Crippen LogP contribution in [0.2, 0.25) is 0 Å². The van der Waals surface area contributed by atoms with Crippen LogP contribution in [0.5, 0.6) is 0 Å². The van der Waals surface area contributed by atoms with Crippen molar-refractivity contribution in [3.05, 3.63) is 59.4 Å². The Labute approximate surface area is 125 Å². The highest BCUT2D eigenvalue weighted by molar-refractivity contribution is 5.72. The van der Waals surface area contributed by atoms with Gasteiger partial charge in [-0.15, -0.1) is 0 Å². The fourth-order valence-corrected chi connectivity index (χ4v) is 2.32. The molecule has 0 bridgehead atoms. The van der Waals surface area contributed by atoms with Crippen molar-refractivity contribution in [1.82, 2.24) is 4.57 Å². The highest BCUT2D eigenvalue weighted by Gasteiger charge is 2.09. The molecule has 0 aliphatic carbocycles. The molecule has 1 aromatic heterocycles. The zero-order chi connectivity index (χ0) is 15.2. The number of hydrogen-bond donors (Lipinski definition) is 1. The maximum absolute atomic E-state index is 11.5. The number of ether oxygens (including phenoxy) is 1. The molecule has 2 rings (SSSR count). The summed E-state index contributed by atoms with van der Waals surface area (Å²) in [6, 6.07) is 10.1. The molecule has 1 unspecified atom stereocenters. The molecule has 4 nitrogen and oxygen atoms in total. The lowest BCUT2D eigenvalue weighted by Crippen LogP contribution is -2.09. The van der Waals surface area contributed by atoms with Crippen LogP contribution in [0, 0.1) is 0 Å². The number of esters is 1. The molecular weight excluding hydrogens is 264 g/mol. The summed E-state index contributed by atoms with van der Waals surface area (Å²) in [6.45, 7) is 2.80. The van der Waals surface area contributed by atoms with Crippen molar-refractivity contribution < 1.29 is 9.53 Å². The van der Waals surface area contributed by atoms with Gasteiger partial charge in [-0.1, -0.05) is 31.2 Å². The molecule has 1 aromatic carbocycles. The van der Waals surface area contributed by atoms with Crippen LogP contribution in [-0.2, 0) is 22.5 Å². The third-order valence-corrected chi connectivity index (χ3v) is 3.68. The molecule has 2 aromatic rings. The molecule has 0 spiro atoms. The van der Waals surface area contributed by atoms with Gasteiger partial charge in [0.1, 0.15) is 0 Å². The summed E-state index contributed by atoms with van der Waals surface area (Å²) in [7, 11) is 1.41. The number of carbonyl (C=O) groups is 1. The van der Waals surface area contributed by atoms with Crippen molar-refractivity contribution in [2.45, 2.75) is 32.4 Å². The Morgan fingerprint density at radius 2 is 2.00 bits per heavy atom. The van der Waals surface area contributed by atoms with E-state index in [9.17, 15) is 4.79 Å². The van der Waals surface area contributed by atoms with Crippen molar-refractivity contribution >= 4 is 5.97 Å². The molecule has 1 atom stereocenters. The molecule has 112 valence electrons. The van der Waals surface area contributed by atoms with E-state index >= 15 is 0 Å². The first kappa shape index (κ1) is 15.3. The van der Waals surface area contributed by atoms with Crippen LogP contribution in [0.25, 0.3) is 0 Å². The smallest absolute Gasteiger partial charge is 0.309 e. The van der Waals surface area contributed by atoms with Gasteiger partial charge in [-0.05, 0) is 29.2 Å². The molecule has 0 saturated heterocycles. The van der Waals surface area contributed by atoms with E-state index in [-0.39, 0.29) is 12.0 Å². The largest absolute Gasteiger partial charge is 0.469 e. The van der Waals surface area contributed by atoms with Crippen LogP contribution in [0.4, 0.5) is 0 Å². The second-order valence-electron chi connectivity index (χ2n) is 5.15. The maximum atomic E-state index is 11.5. The van der Waals surface area contributed by atoms with Gasteiger partial charge in [0.25, 0.3) is 0 Å². The van der Waals surface area contributed by atoms with Crippen LogP contribution in [0.15, 0.2) is 42.7 Å². The van der Waals surface area contributed by atoms with Crippen molar-refractivity contribution in [2.75, 3.05) is 7.11 Å². The van der Waals surface area contributed by atoms with Crippen LogP contribution in [-0.4, -0.2) is 17.6 Å². The Kier molecular flexibility index (Phi) is 5.17. The Hall–Kier alpha value is -2.07. The van der Waals surface area contributed by atoms with Gasteiger partial charge in [-0.25, -0.2) is 0 Å². The molecule has 21 heavy (non-hydrogen) atoms. The van der Waals surface area contributed by atoms with E-state index in [0.717, 1.165) is 29.7 Å². The van der Waals surface area contributed by atoms with Gasteiger partial charge in [0.05, 0.1) is 13.5 Å². The first-order valence-corrected chi connectivity index (χ1v) is 7.19. The SMILES string of the molecule is CCC(N)c1ccn(Cc2ccccc2CC(=O)OC)c1. The zero-order valence-electron chi connectivity index (χ0n) is 12.6. The minimum Gasteiger partial charge on any atom is -0.469 e. The van der Waals surface area contributed by atoms with Crippen molar-refractivity contribution in [2.24, 2.45) is 5.73 Å². The number of methoxy groups -OCH3 is 1. The molecule has 0 saturated carbocycles. The summed E-state index contributed by atoms with van der Waals surface area (Å²) in [6.07, 6.45) is 5.32. The number of benzene rings is 1. The highest BCUT2D eigenvalue weighted by Crippen LogP contribution is 2.17. The highest BCUT2D eigenvalue weighted by atomic mass is 16.5. The van der Waals surface area contributed by atoms with E-state index in [1.165, 1.54) is 7.11 Å². The van der Waals surface area contributed by atoms with Crippen molar-refractivity contribution in [1.29, 1.82) is 0 Å². The van der Waals surface area contributed by atoms with Crippen LogP contribution >= 0.6 is 0 Å². The van der Waals surface area contributed by atoms with Gasteiger partial charge in [0.15, 0.2) is 0 Å². The number of aromatic nitrogens is 1. The summed E-state index contributed by atoms with van der Waals surface area (Å²) in [5, 5.41) is 0. The molecule has 0 radical (unpaired) electrons. The Bertz CT molecular complexity index is 604. The number of carbonyl (C=O) groups excluding carboxylic acids is 1. The summed E-state index contributed by atoms with van der Waals surface area (Å²) in [5.41, 5.74) is 9.30. The van der Waals surface area contributed by atoms with E-state index in [2.05, 4.69) is 23.8 Å². The average molecular weight is 286 g/mol. The topological polar surface area (TPSA) is 57.2 Å². The van der Waals surface area contributed by atoms with E-state index in [4.69, 9.17) is 10.5 Å². The van der Waals surface area contributed by atoms with Gasteiger partial charge in [-0.3, -0.25) is 4.79 Å². The molecule has 4 heteroatoms. The standard InChI is InChI=1S/C17H22N2O2/c1-3-16(18)15-8-9-19(12-15)11-14-7-5-4-6-13(14)10-17(20)21-2/h4-9,12,16H,3,10-11,18H2,1-2H3. The molecule has 0 aliphatic rings. The monoisotopic (exact) mass is 286 g/mol. The number of hydrogen-bond acceptors (Lipinski definition) is 3. The average Bonchev–Trinajstić information content (AvgIpc) is 2.97. The molecule has 0 fully saturated rings. The van der Waals surface area contributed by atoms with Crippen molar-refractivity contribution in [3.8, 4) is 0 Å². The normalized spacial score (nSPS) is 12.1. The van der Waals surface area contributed by atoms with Gasteiger partial charge in [-0.2, -0.15) is 0 Å². The summed E-state index contributed by atoms with van der Waals surface area (Å²) < 4.78 is 6.85. The van der Waals surface area contributed by atoms with E-state index < -0.39 is 0 Å². The van der Waals surface area contributed by atoms with E-state index in [0.29, 0.717) is 6.42 Å². The van der Waals surface area contributed by atoms with Crippen LogP contribution in [0.3, 0.4) is 0 Å². The van der Waals surface area contributed by atoms with Gasteiger partial charge < -0.3 is 15.0 Å². The molecule has 1 heterocycles. The van der Waals surface area contributed by atoms with Crippen LogP contribution < -0.4 is 5.73 Å². The maximum Gasteiger partial charge on any atom is 0.309 e. The second kappa shape index (κ2) is 7.09. The molecule has 0 aliphatic heterocycles. The van der Waals surface area contributed by atoms with Crippen LogP contribution in [0.1, 0.15) is 36.1 Å². The van der Waals surface area contributed by atoms with Gasteiger partial charge >= 0.3 is 5.97 Å². The first-order valence-electron chi connectivity index (χ1n) is 7.19. The minimum atomic E-state index is -0.219. The van der Waals surface area contributed by atoms with E-state index in [1.54, 1.807) is 0 Å². The quantitative estimate of drug-likeness (QED) is 0.831. The van der Waals surface area contributed by atoms with Gasteiger partial charge in [0.2, 0.25) is 0 Å². The fraction of sp³-hybridized carbons (Fsp3) is 0.353. The molecule has 0 amide bonds. The summed E-state index contributed by atoms with van der Waals surface area (Å²) >= 11 is 0. The third-order valence-electron chi connectivity index (χ3n) is 3.68. The zero-order valence-corrected chi connectivity index (χ0v) is 12.6. The fourth-order valence-electron chi connectivity index (χ4n) is 2.32. The van der Waals surface area contributed by atoms with Crippen molar-refractivity contribution in [3.63, 3.8) is 0 Å². The lowest BCUT2D eigenvalue weighted by molar-refractivity contribution is -0.139. The Morgan fingerprint density at radius 3 is 2.67 bits per heavy atom. The third kappa shape index (κ3) is 3.95. The minimum absolute atomic E-state index is 0.0802. The first-order chi connectivity index (χ1) is 10.1. The Morgan fingerprint density at radius 1 is 1.29 bits per heavy atom. The number of nitrogens with zero attached hydrogens (tertiary/aromatic N) is 1. The lowest BCUT2D eigenvalue weighted by atomic mass is 10.0. The predicted octanol–water partition coefficient (Wildman–Crippen LogP) is 2.66. The second-order valence-corrected chi connectivity index (χ2v) is 5.15. The summed E-state index contributed by atoms with van der Waals surface area (Å²) in [5.74, 6) is -0.219. The van der Waals surface area contributed by atoms with Gasteiger partial charge in [0, 0.05) is 25.0 Å². The number of rotatable bonds is 6. The lowest BCUT2D eigenvalue weighted by Gasteiger charge is -2.10. The Balaban J connectivity index is 2.15. The predicted molar refractivity (Wildman–Crippen MR) is 82.9 cm³/mol. The summed E-state index contributed by atoms with van der Waals surface area (Å²) in [4.78, 5) is 11.5.